The fourth-order valence-electron chi connectivity index (χ4n) is 0.998. The molecule has 0 aliphatic rings. The minimum absolute atomic E-state index is 0.0530. The number of aliphatic hydroxyl groups is 1. The maximum absolute atomic E-state index is 11.5. The molecular weight excluding hydrogens is 254 g/mol. The van der Waals surface area contributed by atoms with Gasteiger partial charge in [-0.3, -0.25) is 4.79 Å². The quantitative estimate of drug-likeness (QED) is 0.652. The minimum atomic E-state index is -3.62. The Bertz CT molecular complexity index is 465. The third kappa shape index (κ3) is 3.56. The van der Waals surface area contributed by atoms with Gasteiger partial charge in [0.25, 0.3) is 0 Å². The molecule has 0 aliphatic heterocycles. The van der Waals surface area contributed by atoms with Gasteiger partial charge in [-0.05, 0) is 12.1 Å². The van der Waals surface area contributed by atoms with E-state index in [2.05, 4.69) is 4.72 Å². The zero-order chi connectivity index (χ0) is 12.2. The largest absolute Gasteiger partial charge is 0.481 e. The van der Waals surface area contributed by atoms with E-state index in [1.54, 1.807) is 0 Å². The lowest BCUT2D eigenvalue weighted by atomic mass is 10.3. The smallest absolute Gasteiger partial charge is 0.308 e. The van der Waals surface area contributed by atoms with Gasteiger partial charge in [0.2, 0.25) is 10.0 Å². The van der Waals surface area contributed by atoms with Gasteiger partial charge in [-0.2, -0.15) is 0 Å². The Labute approximate surface area is 96.6 Å². The van der Waals surface area contributed by atoms with E-state index in [1.165, 1.54) is 12.1 Å². The van der Waals surface area contributed by atoms with Gasteiger partial charge in [0.1, 0.15) is 4.21 Å². The van der Waals surface area contributed by atoms with Gasteiger partial charge in [0.05, 0.1) is 13.0 Å². The molecule has 1 rings (SSSR count). The second kappa shape index (κ2) is 5.39. The fraction of sp³-hybridized carbons (Fsp3) is 0.375. The first-order valence-electron chi connectivity index (χ1n) is 4.37. The molecule has 90 valence electrons. The van der Waals surface area contributed by atoms with Crippen LogP contribution in [0.2, 0.25) is 0 Å². The molecule has 0 radical (unpaired) electrons. The first-order valence-corrected chi connectivity index (χ1v) is 6.66. The topological polar surface area (TPSA) is 104 Å². The number of thiophene rings is 1. The Morgan fingerprint density at radius 3 is 2.69 bits per heavy atom. The Balaban J connectivity index is 2.80. The summed E-state index contributed by atoms with van der Waals surface area (Å²) in [5, 5.41) is 17.0. The lowest BCUT2D eigenvalue weighted by molar-refractivity contribution is -0.136. The van der Waals surface area contributed by atoms with Crippen molar-refractivity contribution < 1.29 is 23.4 Å². The third-order valence-electron chi connectivity index (χ3n) is 1.63. The highest BCUT2D eigenvalue weighted by Gasteiger charge is 2.16. The molecule has 0 aliphatic carbocycles. The van der Waals surface area contributed by atoms with Gasteiger partial charge < -0.3 is 10.2 Å². The Morgan fingerprint density at radius 2 is 2.12 bits per heavy atom. The Morgan fingerprint density at radius 1 is 1.44 bits per heavy atom. The molecule has 0 saturated carbocycles. The molecule has 0 amide bonds. The Kier molecular flexibility index (Phi) is 4.42. The maximum atomic E-state index is 11.5. The normalized spacial score (nSPS) is 11.6. The predicted octanol–water partition coefficient (Wildman–Crippen LogP) is -0.354. The van der Waals surface area contributed by atoms with Crippen molar-refractivity contribution in [2.24, 2.45) is 0 Å². The van der Waals surface area contributed by atoms with E-state index >= 15 is 0 Å². The molecule has 1 heterocycles. The van der Waals surface area contributed by atoms with E-state index < -0.39 is 16.0 Å². The molecule has 0 saturated heterocycles. The summed E-state index contributed by atoms with van der Waals surface area (Å²) in [6.07, 6.45) is -0.194. The molecule has 0 fully saturated rings. The van der Waals surface area contributed by atoms with Crippen molar-refractivity contribution in [1.29, 1.82) is 0 Å². The van der Waals surface area contributed by atoms with Gasteiger partial charge in [-0.1, -0.05) is 0 Å². The van der Waals surface area contributed by atoms with E-state index in [-0.39, 0.29) is 23.8 Å². The molecule has 0 aromatic carbocycles. The van der Waals surface area contributed by atoms with E-state index in [0.29, 0.717) is 4.88 Å². The molecule has 6 nitrogen and oxygen atoms in total. The summed E-state index contributed by atoms with van der Waals surface area (Å²) in [5.74, 6) is -1.01. The van der Waals surface area contributed by atoms with Crippen molar-refractivity contribution in [3.05, 3.63) is 17.0 Å². The Hall–Kier alpha value is -0.960. The monoisotopic (exact) mass is 265 g/mol. The molecule has 16 heavy (non-hydrogen) atoms. The van der Waals surface area contributed by atoms with Crippen LogP contribution in [0.25, 0.3) is 0 Å². The maximum Gasteiger partial charge on any atom is 0.308 e. The van der Waals surface area contributed by atoms with Gasteiger partial charge in [0, 0.05) is 11.4 Å². The van der Waals surface area contributed by atoms with Crippen LogP contribution in [0, 0.1) is 0 Å². The van der Waals surface area contributed by atoms with Gasteiger partial charge in [-0.15, -0.1) is 11.3 Å². The number of hydrogen-bond acceptors (Lipinski definition) is 5. The van der Waals surface area contributed by atoms with Crippen molar-refractivity contribution in [1.82, 2.24) is 4.72 Å². The summed E-state index contributed by atoms with van der Waals surface area (Å²) in [6.45, 7) is -0.346. The highest BCUT2D eigenvalue weighted by Crippen LogP contribution is 2.21. The molecule has 0 unspecified atom stereocenters. The van der Waals surface area contributed by atoms with Gasteiger partial charge in [-0.25, -0.2) is 13.1 Å². The number of sulfonamides is 1. The van der Waals surface area contributed by atoms with Crippen molar-refractivity contribution in [2.75, 3.05) is 13.2 Å². The number of aliphatic carboxylic acids is 1. The van der Waals surface area contributed by atoms with Crippen LogP contribution in [0.5, 0.6) is 0 Å². The average molecular weight is 265 g/mol. The number of nitrogens with one attached hydrogen (secondary N) is 1. The highest BCUT2D eigenvalue weighted by molar-refractivity contribution is 7.91. The lowest BCUT2D eigenvalue weighted by Gasteiger charge is -2.01. The first-order chi connectivity index (χ1) is 7.45. The molecular formula is C8H11NO5S2. The first kappa shape index (κ1) is 13.1. The van der Waals surface area contributed by atoms with Crippen LogP contribution in [0.3, 0.4) is 0 Å². The molecule has 0 bridgehead atoms. The molecule has 8 heteroatoms. The van der Waals surface area contributed by atoms with Crippen LogP contribution in [0.15, 0.2) is 16.3 Å². The third-order valence-corrected chi connectivity index (χ3v) is 4.67. The van der Waals surface area contributed by atoms with Crippen molar-refractivity contribution in [3.63, 3.8) is 0 Å². The number of carbonyl (C=O) groups is 1. The van der Waals surface area contributed by atoms with E-state index in [4.69, 9.17) is 10.2 Å². The van der Waals surface area contributed by atoms with E-state index in [1.807, 2.05) is 0 Å². The number of carboxylic acid groups (broad SMARTS) is 1. The summed E-state index contributed by atoms with van der Waals surface area (Å²) >= 11 is 0.906. The number of hydrogen-bond donors (Lipinski definition) is 3. The highest BCUT2D eigenvalue weighted by atomic mass is 32.2. The van der Waals surface area contributed by atoms with Crippen molar-refractivity contribution in [3.8, 4) is 0 Å². The summed E-state index contributed by atoms with van der Waals surface area (Å²) < 4.78 is 25.3. The van der Waals surface area contributed by atoms with Crippen molar-refractivity contribution in [2.45, 2.75) is 10.6 Å². The molecule has 1 aromatic heterocycles. The van der Waals surface area contributed by atoms with Gasteiger partial charge >= 0.3 is 5.97 Å². The fourth-order valence-corrected chi connectivity index (χ4v) is 3.41. The lowest BCUT2D eigenvalue weighted by Crippen LogP contribution is -2.25. The average Bonchev–Trinajstić information content (AvgIpc) is 2.63. The molecule has 1 aromatic rings. The molecule has 0 atom stereocenters. The van der Waals surface area contributed by atoms with Crippen LogP contribution < -0.4 is 4.72 Å². The zero-order valence-corrected chi connectivity index (χ0v) is 9.84. The van der Waals surface area contributed by atoms with Gasteiger partial charge in [0.15, 0.2) is 0 Å². The van der Waals surface area contributed by atoms with E-state index in [9.17, 15) is 13.2 Å². The van der Waals surface area contributed by atoms with Crippen LogP contribution in [-0.2, 0) is 21.2 Å². The SMILES string of the molecule is O=C(O)Cc1ccc(S(=O)(=O)NCCO)s1. The van der Waals surface area contributed by atoms with Crippen LogP contribution in [0.4, 0.5) is 0 Å². The predicted molar refractivity (Wildman–Crippen MR) is 57.9 cm³/mol. The summed E-state index contributed by atoms with van der Waals surface area (Å²) in [5.41, 5.74) is 0. The summed E-state index contributed by atoms with van der Waals surface area (Å²) in [6, 6.07) is 2.81. The standard InChI is InChI=1S/C8H11NO5S2/c10-4-3-9-16(13,14)8-2-1-6(15-8)5-7(11)12/h1-2,9-10H,3-5H2,(H,11,12). The second-order valence-corrected chi connectivity index (χ2v) is 6.07. The summed E-state index contributed by atoms with van der Waals surface area (Å²) in [7, 11) is -3.62. The van der Waals surface area contributed by atoms with Crippen LogP contribution in [0.1, 0.15) is 4.88 Å². The zero-order valence-electron chi connectivity index (χ0n) is 8.21. The van der Waals surface area contributed by atoms with Crippen molar-refractivity contribution >= 4 is 27.3 Å². The number of rotatable bonds is 6. The number of aliphatic hydroxyl groups excluding tert-OH is 1. The van der Waals surface area contributed by atoms with Crippen LogP contribution in [-0.4, -0.2) is 37.8 Å². The van der Waals surface area contributed by atoms with Crippen LogP contribution >= 0.6 is 11.3 Å². The number of carboxylic acids is 1. The van der Waals surface area contributed by atoms with E-state index in [0.717, 1.165) is 11.3 Å². The molecule has 3 N–H and O–H groups in total. The molecule has 0 spiro atoms. The second-order valence-electron chi connectivity index (χ2n) is 2.91. The minimum Gasteiger partial charge on any atom is -0.481 e. The summed E-state index contributed by atoms with van der Waals surface area (Å²) in [4.78, 5) is 10.9.